The summed E-state index contributed by atoms with van der Waals surface area (Å²) >= 11 is 3.40. The molecule has 0 saturated carbocycles. The van der Waals surface area contributed by atoms with Gasteiger partial charge in [-0.25, -0.2) is 9.80 Å². The van der Waals surface area contributed by atoms with Crippen LogP contribution in [0.1, 0.15) is 31.2 Å². The van der Waals surface area contributed by atoms with Gasteiger partial charge in [0.15, 0.2) is 0 Å². The number of nitrogens with zero attached hydrogens (tertiary/aromatic N) is 2. The Kier molecular flexibility index (Phi) is 6.38. The van der Waals surface area contributed by atoms with Gasteiger partial charge in [-0.2, -0.15) is 0 Å². The molecule has 0 fully saturated rings. The number of halogens is 1. The van der Waals surface area contributed by atoms with Gasteiger partial charge in [-0.3, -0.25) is 0 Å². The molecule has 108 valence electrons. The highest BCUT2D eigenvalue weighted by atomic mass is 79.9. The molecular weight excluding hydrogens is 324 g/mol. The minimum absolute atomic E-state index is 0.0761. The van der Waals surface area contributed by atoms with Crippen LogP contribution in [0.5, 0.6) is 0 Å². The van der Waals surface area contributed by atoms with Crippen molar-refractivity contribution in [1.82, 2.24) is 0 Å². The van der Waals surface area contributed by atoms with Gasteiger partial charge in [0, 0.05) is 23.5 Å². The van der Waals surface area contributed by atoms with Gasteiger partial charge >= 0.3 is 5.97 Å². The number of carboxylic acids is 1. The molecule has 1 N–H and O–H groups in total. The summed E-state index contributed by atoms with van der Waals surface area (Å²) in [7, 11) is 1.57. The number of rotatable bonds is 7. The predicted molar refractivity (Wildman–Crippen MR) is 82.8 cm³/mol. The number of carboxylic acid groups (broad SMARTS) is 1. The maximum absolute atomic E-state index is 10.7. The molecule has 0 saturated heterocycles. The Labute approximate surface area is 126 Å². The van der Waals surface area contributed by atoms with Gasteiger partial charge in [0.05, 0.1) is 11.0 Å². The van der Waals surface area contributed by atoms with Crippen molar-refractivity contribution >= 4 is 27.6 Å². The molecule has 5 nitrogen and oxygen atoms in total. The third-order valence-corrected chi connectivity index (χ3v) is 3.42. The third-order valence-electron chi connectivity index (χ3n) is 2.93. The Morgan fingerprint density at radius 3 is 2.80 bits per heavy atom. The molecule has 1 rings (SSSR count). The minimum atomic E-state index is -0.982. The van der Waals surface area contributed by atoms with E-state index >= 15 is 0 Å². The van der Waals surface area contributed by atoms with Crippen LogP contribution in [0.25, 0.3) is 0 Å². The van der Waals surface area contributed by atoms with Gasteiger partial charge in [0.2, 0.25) is 0 Å². The van der Waals surface area contributed by atoms with E-state index in [4.69, 9.17) is 5.11 Å². The van der Waals surface area contributed by atoms with E-state index in [2.05, 4.69) is 21.2 Å². The summed E-state index contributed by atoms with van der Waals surface area (Å²) in [5.74, 6) is -1.06. The SMILES string of the molecule is CCCC(C=CC(=O)O)c1cc(Br)ccc1N(C)N=O. The number of anilines is 1. The van der Waals surface area contributed by atoms with Crippen LogP contribution in [0.3, 0.4) is 0 Å². The van der Waals surface area contributed by atoms with Crippen molar-refractivity contribution in [2.75, 3.05) is 12.1 Å². The Balaban J connectivity index is 3.26. The van der Waals surface area contributed by atoms with E-state index < -0.39 is 5.97 Å². The normalized spacial score (nSPS) is 12.3. The monoisotopic (exact) mass is 340 g/mol. The number of benzene rings is 1. The Bertz CT molecular complexity index is 517. The van der Waals surface area contributed by atoms with Crippen molar-refractivity contribution in [3.8, 4) is 0 Å². The van der Waals surface area contributed by atoms with E-state index in [0.717, 1.165) is 29.0 Å². The minimum Gasteiger partial charge on any atom is -0.478 e. The summed E-state index contributed by atoms with van der Waals surface area (Å²) in [6, 6.07) is 5.51. The summed E-state index contributed by atoms with van der Waals surface area (Å²) in [6.45, 7) is 2.03. The highest BCUT2D eigenvalue weighted by Crippen LogP contribution is 2.33. The predicted octanol–water partition coefficient (Wildman–Crippen LogP) is 4.09. The van der Waals surface area contributed by atoms with Crippen LogP contribution in [0, 0.1) is 4.91 Å². The van der Waals surface area contributed by atoms with Crippen LogP contribution < -0.4 is 5.01 Å². The number of aliphatic carboxylic acids is 1. The molecule has 0 aromatic heterocycles. The highest BCUT2D eigenvalue weighted by Gasteiger charge is 2.16. The van der Waals surface area contributed by atoms with E-state index in [1.165, 1.54) is 5.01 Å². The van der Waals surface area contributed by atoms with E-state index in [9.17, 15) is 9.70 Å². The van der Waals surface area contributed by atoms with Crippen LogP contribution in [-0.4, -0.2) is 18.1 Å². The zero-order chi connectivity index (χ0) is 15.1. The van der Waals surface area contributed by atoms with Crippen LogP contribution in [0.4, 0.5) is 5.69 Å². The fraction of sp³-hybridized carbons (Fsp3) is 0.357. The van der Waals surface area contributed by atoms with E-state index in [0.29, 0.717) is 5.69 Å². The number of hydrogen-bond donors (Lipinski definition) is 1. The first kappa shape index (κ1) is 16.4. The first-order valence-corrected chi connectivity index (χ1v) is 7.06. The van der Waals surface area contributed by atoms with Crippen molar-refractivity contribution in [2.24, 2.45) is 5.29 Å². The zero-order valence-electron chi connectivity index (χ0n) is 11.4. The maximum atomic E-state index is 10.7. The summed E-state index contributed by atoms with van der Waals surface area (Å²) in [6.07, 6.45) is 4.48. The fourth-order valence-electron chi connectivity index (χ4n) is 2.03. The molecule has 1 unspecified atom stereocenters. The van der Waals surface area contributed by atoms with Gasteiger partial charge in [-0.15, -0.1) is 4.91 Å². The quantitative estimate of drug-likeness (QED) is 0.461. The van der Waals surface area contributed by atoms with Crippen LogP contribution in [0.2, 0.25) is 0 Å². The largest absolute Gasteiger partial charge is 0.478 e. The fourth-order valence-corrected chi connectivity index (χ4v) is 2.40. The molecule has 6 heteroatoms. The number of allylic oxidation sites excluding steroid dienone is 1. The maximum Gasteiger partial charge on any atom is 0.327 e. The molecule has 0 amide bonds. The summed E-state index contributed by atoms with van der Waals surface area (Å²) in [4.78, 5) is 21.4. The van der Waals surface area contributed by atoms with Crippen molar-refractivity contribution in [2.45, 2.75) is 25.7 Å². The standard InChI is InChI=1S/C14H17BrN2O3/c1-3-4-10(5-8-14(18)19)12-9-11(15)6-7-13(12)17(2)16-20/h5-10H,3-4H2,1-2H3,(H,18,19). The lowest BCUT2D eigenvalue weighted by Crippen LogP contribution is -2.11. The molecule has 0 bridgehead atoms. The van der Waals surface area contributed by atoms with Gasteiger partial charge in [0.1, 0.15) is 0 Å². The Morgan fingerprint density at radius 1 is 1.55 bits per heavy atom. The molecule has 0 heterocycles. The molecule has 1 aromatic carbocycles. The average Bonchev–Trinajstić information content (AvgIpc) is 2.42. The first-order valence-electron chi connectivity index (χ1n) is 6.27. The molecule has 0 aliphatic heterocycles. The number of hydrogen-bond acceptors (Lipinski definition) is 3. The van der Waals surface area contributed by atoms with Gasteiger partial charge in [-0.1, -0.05) is 35.4 Å². The number of carbonyl (C=O) groups is 1. The van der Waals surface area contributed by atoms with Gasteiger partial charge < -0.3 is 5.11 Å². The molecule has 1 atom stereocenters. The second-order valence-electron chi connectivity index (χ2n) is 4.40. The smallest absolute Gasteiger partial charge is 0.327 e. The molecule has 1 aromatic rings. The van der Waals surface area contributed by atoms with E-state index in [-0.39, 0.29) is 5.92 Å². The molecule has 0 radical (unpaired) electrons. The molecule has 20 heavy (non-hydrogen) atoms. The molecular formula is C14H17BrN2O3. The van der Waals surface area contributed by atoms with Gasteiger partial charge in [-0.05, 0) is 30.2 Å². The number of nitroso groups, excluding NO2 is 1. The lowest BCUT2D eigenvalue weighted by molar-refractivity contribution is -0.131. The third kappa shape index (κ3) is 4.45. The average molecular weight is 341 g/mol. The topological polar surface area (TPSA) is 70.0 Å². The second kappa shape index (κ2) is 7.79. The summed E-state index contributed by atoms with van der Waals surface area (Å²) in [5.41, 5.74) is 1.55. The molecule has 0 aliphatic carbocycles. The molecule has 0 spiro atoms. The molecule has 0 aliphatic rings. The lowest BCUT2D eigenvalue weighted by atomic mass is 9.92. The summed E-state index contributed by atoms with van der Waals surface area (Å²) < 4.78 is 0.875. The lowest BCUT2D eigenvalue weighted by Gasteiger charge is -2.20. The van der Waals surface area contributed by atoms with Crippen molar-refractivity contribution in [3.63, 3.8) is 0 Å². The van der Waals surface area contributed by atoms with Crippen molar-refractivity contribution in [3.05, 3.63) is 45.3 Å². The van der Waals surface area contributed by atoms with Crippen LogP contribution in [-0.2, 0) is 4.79 Å². The van der Waals surface area contributed by atoms with Crippen LogP contribution >= 0.6 is 15.9 Å². The Morgan fingerprint density at radius 2 is 2.25 bits per heavy atom. The van der Waals surface area contributed by atoms with Crippen molar-refractivity contribution in [1.29, 1.82) is 0 Å². The van der Waals surface area contributed by atoms with Crippen molar-refractivity contribution < 1.29 is 9.90 Å². The summed E-state index contributed by atoms with van der Waals surface area (Å²) in [5, 5.41) is 12.9. The van der Waals surface area contributed by atoms with Crippen LogP contribution in [0.15, 0.2) is 40.1 Å². The highest BCUT2D eigenvalue weighted by molar-refractivity contribution is 9.10. The van der Waals surface area contributed by atoms with Gasteiger partial charge in [0.25, 0.3) is 0 Å². The van der Waals surface area contributed by atoms with E-state index in [1.54, 1.807) is 19.2 Å². The Hall–Kier alpha value is -1.69. The zero-order valence-corrected chi connectivity index (χ0v) is 13.0. The van der Waals surface area contributed by atoms with E-state index in [1.807, 2.05) is 19.1 Å². The first-order chi connectivity index (χ1) is 9.49. The second-order valence-corrected chi connectivity index (χ2v) is 5.32.